The fraction of sp³-hybridized carbons (Fsp3) is 0.125. The largest absolute Gasteiger partial charge is 0.375 e. The van der Waals surface area contributed by atoms with Crippen molar-refractivity contribution in [1.82, 2.24) is 0 Å². The van der Waals surface area contributed by atoms with E-state index in [0.717, 1.165) is 5.69 Å². The summed E-state index contributed by atoms with van der Waals surface area (Å²) in [5, 5.41) is 1.44. The molecule has 0 heterocycles. The maximum Gasteiger partial charge on any atom is 0.185 e. The van der Waals surface area contributed by atoms with Gasteiger partial charge in [0.15, 0.2) is 5.11 Å². The summed E-state index contributed by atoms with van der Waals surface area (Å²) in [5.41, 5.74) is 6.16. The van der Waals surface area contributed by atoms with E-state index in [1.54, 1.807) is 11.8 Å². The fourth-order valence-electron chi connectivity index (χ4n) is 0.870. The third-order valence-electron chi connectivity index (χ3n) is 1.59. The van der Waals surface area contributed by atoms with Gasteiger partial charge in [0.05, 0.1) is 5.69 Å². The third-order valence-corrected chi connectivity index (χ3v) is 2.53. The second-order valence-electron chi connectivity index (χ2n) is 2.41. The summed E-state index contributed by atoms with van der Waals surface area (Å²) in [4.78, 5) is 1.18. The van der Waals surface area contributed by atoms with E-state index < -0.39 is 0 Å². The number of nitrogens with two attached hydrogens (primary N) is 2. The number of hydrogen-bond donors (Lipinski definition) is 2. The van der Waals surface area contributed by atoms with Crippen LogP contribution >= 0.6 is 24.0 Å². The van der Waals surface area contributed by atoms with Crippen molar-refractivity contribution in [2.45, 2.75) is 4.90 Å². The number of benzene rings is 1. The first-order valence-corrected chi connectivity index (χ1v) is 5.26. The van der Waals surface area contributed by atoms with Gasteiger partial charge in [0.1, 0.15) is 0 Å². The highest BCUT2D eigenvalue weighted by Gasteiger charge is 2.02. The zero-order valence-electron chi connectivity index (χ0n) is 7.23. The quantitative estimate of drug-likeness (QED) is 0.336. The minimum atomic E-state index is 0.164. The number of thioether (sulfide) groups is 1. The summed E-state index contributed by atoms with van der Waals surface area (Å²) >= 11 is 6.41. The zero-order chi connectivity index (χ0) is 9.84. The van der Waals surface area contributed by atoms with Gasteiger partial charge in [-0.1, -0.05) is 0 Å². The molecular formula is C8H11N3S2. The number of nitrogens with zero attached hydrogens (tertiary/aromatic N) is 1. The lowest BCUT2D eigenvalue weighted by Gasteiger charge is -2.15. The normalized spacial score (nSPS) is 9.69. The Bertz CT molecular complexity index is 297. The Hall–Kier alpha value is -0.780. The second-order valence-corrected chi connectivity index (χ2v) is 3.70. The van der Waals surface area contributed by atoms with Crippen molar-refractivity contribution in [2.75, 3.05) is 11.3 Å². The Labute approximate surface area is 87.1 Å². The van der Waals surface area contributed by atoms with Crippen molar-refractivity contribution in [2.24, 2.45) is 11.6 Å². The summed E-state index contributed by atoms with van der Waals surface area (Å²) in [7, 11) is 0. The van der Waals surface area contributed by atoms with Crippen LogP contribution in [0.3, 0.4) is 0 Å². The summed E-state index contributed by atoms with van der Waals surface area (Å²) in [5.74, 6) is 5.59. The van der Waals surface area contributed by atoms with Crippen molar-refractivity contribution in [3.8, 4) is 0 Å². The van der Waals surface area contributed by atoms with E-state index in [1.807, 2.05) is 30.5 Å². The molecule has 0 saturated heterocycles. The van der Waals surface area contributed by atoms with E-state index in [1.165, 1.54) is 9.90 Å². The molecule has 0 saturated carbocycles. The topological polar surface area (TPSA) is 55.3 Å². The van der Waals surface area contributed by atoms with Gasteiger partial charge in [-0.05, 0) is 42.7 Å². The number of rotatable bonds is 2. The smallest absolute Gasteiger partial charge is 0.185 e. The summed E-state index contributed by atoms with van der Waals surface area (Å²) < 4.78 is 0. The molecule has 0 aromatic heterocycles. The van der Waals surface area contributed by atoms with Crippen molar-refractivity contribution in [1.29, 1.82) is 0 Å². The Morgan fingerprint density at radius 3 is 2.31 bits per heavy atom. The van der Waals surface area contributed by atoms with Gasteiger partial charge in [0.2, 0.25) is 0 Å². The zero-order valence-corrected chi connectivity index (χ0v) is 8.86. The predicted octanol–water partition coefficient (Wildman–Crippen LogP) is 1.33. The molecule has 0 aliphatic rings. The van der Waals surface area contributed by atoms with Crippen LogP contribution in [0.1, 0.15) is 0 Å². The first kappa shape index (κ1) is 10.3. The monoisotopic (exact) mass is 213 g/mol. The van der Waals surface area contributed by atoms with Crippen molar-refractivity contribution in [3.05, 3.63) is 24.3 Å². The Kier molecular flexibility index (Phi) is 3.53. The molecule has 0 radical (unpaired) electrons. The van der Waals surface area contributed by atoms with Crippen LogP contribution in [0.25, 0.3) is 0 Å². The van der Waals surface area contributed by atoms with E-state index in [4.69, 9.17) is 23.8 Å². The van der Waals surface area contributed by atoms with E-state index in [-0.39, 0.29) is 5.11 Å². The summed E-state index contributed by atoms with van der Waals surface area (Å²) in [6, 6.07) is 7.70. The van der Waals surface area contributed by atoms with Crippen LogP contribution in [0.4, 0.5) is 5.69 Å². The Morgan fingerprint density at radius 2 is 1.92 bits per heavy atom. The van der Waals surface area contributed by atoms with Crippen LogP contribution in [0.15, 0.2) is 29.2 Å². The molecule has 13 heavy (non-hydrogen) atoms. The number of hydrazine groups is 1. The van der Waals surface area contributed by atoms with Gasteiger partial charge in [0.25, 0.3) is 0 Å². The molecule has 0 aliphatic heterocycles. The molecule has 4 N–H and O–H groups in total. The molecule has 70 valence electrons. The first-order valence-electron chi connectivity index (χ1n) is 3.63. The first-order chi connectivity index (χ1) is 6.15. The standard InChI is InChI=1S/C8H11N3S2/c1-13-7-4-2-6(3-5-7)11(10)8(9)12/h2-5H,10H2,1H3,(H2,9,12). The number of hydrogen-bond acceptors (Lipinski definition) is 3. The lowest BCUT2D eigenvalue weighted by molar-refractivity contribution is 1.13. The lowest BCUT2D eigenvalue weighted by atomic mass is 10.3. The Balaban J connectivity index is 2.85. The maximum absolute atomic E-state index is 5.59. The predicted molar refractivity (Wildman–Crippen MR) is 61.7 cm³/mol. The second kappa shape index (κ2) is 4.45. The molecular weight excluding hydrogens is 202 g/mol. The van der Waals surface area contributed by atoms with E-state index in [2.05, 4.69) is 0 Å². The molecule has 0 spiro atoms. The third kappa shape index (κ3) is 2.58. The molecule has 0 aliphatic carbocycles. The van der Waals surface area contributed by atoms with Gasteiger partial charge in [-0.3, -0.25) is 5.01 Å². The van der Waals surface area contributed by atoms with Crippen LogP contribution in [-0.4, -0.2) is 11.4 Å². The van der Waals surface area contributed by atoms with Gasteiger partial charge in [-0.2, -0.15) is 0 Å². The molecule has 5 heteroatoms. The highest BCUT2D eigenvalue weighted by atomic mass is 32.2. The molecule has 0 unspecified atom stereocenters. The average molecular weight is 213 g/mol. The highest BCUT2D eigenvalue weighted by molar-refractivity contribution is 7.98. The maximum atomic E-state index is 5.59. The molecule has 0 fully saturated rings. The summed E-state index contributed by atoms with van der Waals surface area (Å²) in [6.07, 6.45) is 2.02. The number of anilines is 1. The Morgan fingerprint density at radius 1 is 1.38 bits per heavy atom. The molecule has 1 rings (SSSR count). The minimum absolute atomic E-state index is 0.164. The highest BCUT2D eigenvalue weighted by Crippen LogP contribution is 2.18. The van der Waals surface area contributed by atoms with Crippen LogP contribution in [0.2, 0.25) is 0 Å². The van der Waals surface area contributed by atoms with Crippen LogP contribution in [0, 0.1) is 0 Å². The SMILES string of the molecule is CSc1ccc(N(N)C(N)=S)cc1. The molecule has 0 amide bonds. The van der Waals surface area contributed by atoms with E-state index in [0.29, 0.717) is 0 Å². The minimum Gasteiger partial charge on any atom is -0.375 e. The van der Waals surface area contributed by atoms with Crippen molar-refractivity contribution >= 4 is 34.8 Å². The van der Waals surface area contributed by atoms with Gasteiger partial charge in [0, 0.05) is 4.90 Å². The average Bonchev–Trinajstić information content (AvgIpc) is 2.17. The van der Waals surface area contributed by atoms with Gasteiger partial charge < -0.3 is 5.73 Å². The summed E-state index contributed by atoms with van der Waals surface area (Å²) in [6.45, 7) is 0. The molecule has 0 atom stereocenters. The molecule has 1 aromatic carbocycles. The van der Waals surface area contributed by atoms with Gasteiger partial charge in [-0.15, -0.1) is 11.8 Å². The van der Waals surface area contributed by atoms with Crippen molar-refractivity contribution < 1.29 is 0 Å². The van der Waals surface area contributed by atoms with E-state index >= 15 is 0 Å². The van der Waals surface area contributed by atoms with Crippen LogP contribution in [0.5, 0.6) is 0 Å². The molecule has 1 aromatic rings. The van der Waals surface area contributed by atoms with Crippen molar-refractivity contribution in [3.63, 3.8) is 0 Å². The van der Waals surface area contributed by atoms with Crippen LogP contribution in [-0.2, 0) is 0 Å². The van der Waals surface area contributed by atoms with Gasteiger partial charge >= 0.3 is 0 Å². The van der Waals surface area contributed by atoms with Gasteiger partial charge in [-0.25, -0.2) is 5.84 Å². The van der Waals surface area contributed by atoms with E-state index in [9.17, 15) is 0 Å². The lowest BCUT2D eigenvalue weighted by Crippen LogP contribution is -2.41. The fourth-order valence-corrected chi connectivity index (χ4v) is 1.38. The number of thiocarbonyl (C=S) groups is 1. The van der Waals surface area contributed by atoms with Crippen LogP contribution < -0.4 is 16.6 Å². The molecule has 3 nitrogen and oxygen atoms in total. The molecule has 0 bridgehead atoms.